The maximum atomic E-state index is 11.2. The van der Waals surface area contributed by atoms with Crippen molar-refractivity contribution in [3.05, 3.63) is 23.5 Å². The molecule has 7 nitrogen and oxygen atoms in total. The Hall–Kier alpha value is -2.31. The Bertz CT molecular complexity index is 531. The van der Waals surface area contributed by atoms with Crippen LogP contribution in [0.3, 0.4) is 0 Å². The quantitative estimate of drug-likeness (QED) is 0.610. The topological polar surface area (TPSA) is 99.1 Å². The fraction of sp³-hybridized carbons (Fsp3) is 0.500. The standard InChI is InChI=1S/C14H16O7/c1-7(15)19-5-9-3-4-10-11(13(17)18)6-20-14(12(9)10)21-8(2)16/h3,6,10,12,14H,4-5H2,1-2H3,(H,17,18)/t10?,12-,14?/m0/s1. The summed E-state index contributed by atoms with van der Waals surface area (Å²) in [5.74, 6) is -2.84. The Kier molecular flexibility index (Phi) is 4.30. The van der Waals surface area contributed by atoms with Gasteiger partial charge in [0.1, 0.15) is 6.61 Å². The van der Waals surface area contributed by atoms with E-state index < -0.39 is 30.1 Å². The highest BCUT2D eigenvalue weighted by Gasteiger charge is 2.45. The molecule has 0 bridgehead atoms. The molecule has 1 aliphatic heterocycles. The molecule has 1 aliphatic carbocycles. The molecule has 1 N–H and O–H groups in total. The minimum Gasteiger partial charge on any atom is -0.478 e. The van der Waals surface area contributed by atoms with Gasteiger partial charge in [0, 0.05) is 19.8 Å². The van der Waals surface area contributed by atoms with Gasteiger partial charge in [-0.15, -0.1) is 0 Å². The van der Waals surface area contributed by atoms with Gasteiger partial charge in [-0.1, -0.05) is 6.08 Å². The second-order valence-electron chi connectivity index (χ2n) is 4.92. The number of rotatable bonds is 4. The second kappa shape index (κ2) is 5.99. The van der Waals surface area contributed by atoms with Gasteiger partial charge in [0.2, 0.25) is 0 Å². The van der Waals surface area contributed by atoms with Gasteiger partial charge in [0.15, 0.2) is 0 Å². The lowest BCUT2D eigenvalue weighted by molar-refractivity contribution is -0.180. The number of allylic oxidation sites excluding steroid dienone is 1. The van der Waals surface area contributed by atoms with Crippen molar-refractivity contribution in [2.45, 2.75) is 26.6 Å². The number of esters is 2. The third-order valence-electron chi connectivity index (χ3n) is 3.49. The molecule has 0 radical (unpaired) electrons. The lowest BCUT2D eigenvalue weighted by Crippen LogP contribution is -2.38. The van der Waals surface area contributed by atoms with Crippen LogP contribution in [0.4, 0.5) is 0 Å². The molecule has 0 amide bonds. The van der Waals surface area contributed by atoms with E-state index in [0.717, 1.165) is 6.26 Å². The first kappa shape index (κ1) is 15.1. The number of aliphatic carboxylic acids is 1. The predicted molar refractivity (Wildman–Crippen MR) is 68.7 cm³/mol. The smallest absolute Gasteiger partial charge is 0.335 e. The molecule has 0 aromatic rings. The maximum absolute atomic E-state index is 11.2. The van der Waals surface area contributed by atoms with Crippen molar-refractivity contribution in [1.82, 2.24) is 0 Å². The van der Waals surface area contributed by atoms with E-state index in [0.29, 0.717) is 12.0 Å². The molecular formula is C14H16O7. The van der Waals surface area contributed by atoms with E-state index in [-0.39, 0.29) is 18.1 Å². The molecule has 0 spiro atoms. The van der Waals surface area contributed by atoms with Crippen LogP contribution < -0.4 is 0 Å². The van der Waals surface area contributed by atoms with Gasteiger partial charge in [0.05, 0.1) is 17.8 Å². The van der Waals surface area contributed by atoms with Crippen molar-refractivity contribution in [2.75, 3.05) is 6.61 Å². The number of carbonyl (C=O) groups is 3. The number of carbonyl (C=O) groups excluding carboxylic acids is 2. The van der Waals surface area contributed by atoms with Crippen LogP contribution >= 0.6 is 0 Å². The SMILES string of the molecule is CC(=O)OCC1=CCC2C(C(=O)O)=COC(OC(C)=O)[C@@H]12. The Morgan fingerprint density at radius 3 is 2.62 bits per heavy atom. The lowest BCUT2D eigenvalue weighted by atomic mass is 9.83. The minimum atomic E-state index is -1.08. The zero-order chi connectivity index (χ0) is 15.6. The van der Waals surface area contributed by atoms with Crippen LogP contribution in [-0.4, -0.2) is 35.9 Å². The molecule has 2 aliphatic rings. The Morgan fingerprint density at radius 1 is 1.33 bits per heavy atom. The summed E-state index contributed by atoms with van der Waals surface area (Å²) in [6, 6.07) is 0. The molecule has 114 valence electrons. The van der Waals surface area contributed by atoms with E-state index in [9.17, 15) is 19.5 Å². The number of carboxylic acids is 1. The highest BCUT2D eigenvalue weighted by molar-refractivity contribution is 5.87. The van der Waals surface area contributed by atoms with E-state index in [4.69, 9.17) is 14.2 Å². The van der Waals surface area contributed by atoms with E-state index in [1.165, 1.54) is 13.8 Å². The van der Waals surface area contributed by atoms with Crippen LogP contribution in [-0.2, 0) is 28.6 Å². The Labute approximate surface area is 121 Å². The average molecular weight is 296 g/mol. The van der Waals surface area contributed by atoms with E-state index in [1.807, 2.05) is 0 Å². The summed E-state index contributed by atoms with van der Waals surface area (Å²) in [4.78, 5) is 33.3. The third kappa shape index (κ3) is 3.24. The van der Waals surface area contributed by atoms with Crippen LogP contribution in [0.15, 0.2) is 23.5 Å². The molecule has 7 heteroatoms. The summed E-state index contributed by atoms with van der Waals surface area (Å²) in [5, 5.41) is 9.19. The Morgan fingerprint density at radius 2 is 2.05 bits per heavy atom. The highest BCUT2D eigenvalue weighted by Crippen LogP contribution is 2.43. The number of hydrogen-bond acceptors (Lipinski definition) is 6. The number of carboxylic acid groups (broad SMARTS) is 1. The van der Waals surface area contributed by atoms with Crippen LogP contribution in [0.2, 0.25) is 0 Å². The van der Waals surface area contributed by atoms with Crippen molar-refractivity contribution in [3.63, 3.8) is 0 Å². The van der Waals surface area contributed by atoms with Crippen molar-refractivity contribution in [2.24, 2.45) is 11.8 Å². The normalized spacial score (nSPS) is 26.9. The van der Waals surface area contributed by atoms with Crippen LogP contribution in [0.5, 0.6) is 0 Å². The van der Waals surface area contributed by atoms with Crippen LogP contribution in [0, 0.1) is 11.8 Å². The molecule has 0 fully saturated rings. The number of hydrogen-bond donors (Lipinski definition) is 1. The monoisotopic (exact) mass is 296 g/mol. The molecule has 2 unspecified atom stereocenters. The van der Waals surface area contributed by atoms with Gasteiger partial charge in [0.25, 0.3) is 6.29 Å². The fourth-order valence-electron chi connectivity index (χ4n) is 2.63. The molecule has 21 heavy (non-hydrogen) atoms. The molecule has 0 saturated carbocycles. The van der Waals surface area contributed by atoms with Crippen LogP contribution in [0.1, 0.15) is 20.3 Å². The molecule has 0 aromatic heterocycles. The molecule has 0 saturated heterocycles. The number of ether oxygens (including phenoxy) is 3. The first-order valence-electron chi connectivity index (χ1n) is 6.48. The second-order valence-corrected chi connectivity index (χ2v) is 4.92. The number of fused-ring (bicyclic) bond motifs is 1. The lowest BCUT2D eigenvalue weighted by Gasteiger charge is -2.33. The first-order valence-corrected chi connectivity index (χ1v) is 6.48. The van der Waals surface area contributed by atoms with E-state index in [1.54, 1.807) is 6.08 Å². The summed E-state index contributed by atoms with van der Waals surface area (Å²) >= 11 is 0. The zero-order valence-electron chi connectivity index (χ0n) is 11.7. The maximum Gasteiger partial charge on any atom is 0.335 e. The van der Waals surface area contributed by atoms with Gasteiger partial charge < -0.3 is 19.3 Å². The summed E-state index contributed by atoms with van der Waals surface area (Å²) in [7, 11) is 0. The zero-order valence-corrected chi connectivity index (χ0v) is 11.7. The van der Waals surface area contributed by atoms with Gasteiger partial charge in [-0.3, -0.25) is 9.59 Å². The molecular weight excluding hydrogens is 280 g/mol. The molecule has 0 aromatic carbocycles. The van der Waals surface area contributed by atoms with Gasteiger partial charge >= 0.3 is 17.9 Å². The van der Waals surface area contributed by atoms with Crippen molar-refractivity contribution >= 4 is 17.9 Å². The molecule has 1 heterocycles. The third-order valence-corrected chi connectivity index (χ3v) is 3.49. The summed E-state index contributed by atoms with van der Waals surface area (Å²) in [6.07, 6.45) is 2.50. The predicted octanol–water partition coefficient (Wildman–Crippen LogP) is 1.000. The summed E-state index contributed by atoms with van der Waals surface area (Å²) in [6.45, 7) is 2.57. The molecule has 2 rings (SSSR count). The highest BCUT2D eigenvalue weighted by atomic mass is 16.7. The van der Waals surface area contributed by atoms with E-state index >= 15 is 0 Å². The van der Waals surface area contributed by atoms with Crippen LogP contribution in [0.25, 0.3) is 0 Å². The summed E-state index contributed by atoms with van der Waals surface area (Å²) < 4.78 is 15.3. The molecule has 3 atom stereocenters. The average Bonchev–Trinajstić information content (AvgIpc) is 2.80. The van der Waals surface area contributed by atoms with Gasteiger partial charge in [-0.25, -0.2) is 4.79 Å². The van der Waals surface area contributed by atoms with Gasteiger partial charge in [-0.2, -0.15) is 0 Å². The van der Waals surface area contributed by atoms with Crippen molar-refractivity contribution in [3.8, 4) is 0 Å². The largest absolute Gasteiger partial charge is 0.478 e. The minimum absolute atomic E-state index is 0.0323. The fourth-order valence-corrected chi connectivity index (χ4v) is 2.63. The van der Waals surface area contributed by atoms with Crippen molar-refractivity contribution < 1.29 is 33.7 Å². The van der Waals surface area contributed by atoms with E-state index in [2.05, 4.69) is 0 Å². The van der Waals surface area contributed by atoms with Gasteiger partial charge in [-0.05, 0) is 12.0 Å². The van der Waals surface area contributed by atoms with Crippen molar-refractivity contribution in [1.29, 1.82) is 0 Å². The Balaban J connectivity index is 2.21. The first-order chi connectivity index (χ1) is 9.90. The summed E-state index contributed by atoms with van der Waals surface area (Å²) in [5.41, 5.74) is 0.825.